The van der Waals surface area contributed by atoms with Crippen LogP contribution in [0.15, 0.2) is 10.8 Å². The predicted molar refractivity (Wildman–Crippen MR) is 46.1 cm³/mol. The third kappa shape index (κ3) is 3.23. The lowest BCUT2D eigenvalue weighted by atomic mass is 10.2. The second-order valence-electron chi connectivity index (χ2n) is 3.67. The molecule has 0 radical (unpaired) electrons. The second kappa shape index (κ2) is 3.84. The summed E-state index contributed by atoms with van der Waals surface area (Å²) in [4.78, 5) is 3.77. The molecule has 0 amide bonds. The van der Waals surface area contributed by atoms with Gasteiger partial charge < -0.3 is 9.73 Å². The Labute approximate surface area is 84.7 Å². The molecule has 1 N–H and O–H groups in total. The average molecular weight is 220 g/mol. The molecule has 1 aliphatic rings. The van der Waals surface area contributed by atoms with Crippen LogP contribution in [0.1, 0.15) is 24.3 Å². The van der Waals surface area contributed by atoms with Gasteiger partial charge in [-0.05, 0) is 12.8 Å². The normalized spacial score (nSPS) is 17.0. The maximum Gasteiger partial charge on any atom is 0.396 e. The van der Waals surface area contributed by atoms with E-state index < -0.39 is 12.6 Å². The molecular weight excluding hydrogens is 209 g/mol. The molecular formula is C9H11F3N2O. The van der Waals surface area contributed by atoms with Crippen LogP contribution < -0.4 is 5.32 Å². The number of alkyl halides is 3. The van der Waals surface area contributed by atoms with Gasteiger partial charge in [-0.2, -0.15) is 13.2 Å². The van der Waals surface area contributed by atoms with E-state index in [0.717, 1.165) is 19.2 Å². The first-order valence-electron chi connectivity index (χ1n) is 4.76. The maximum absolute atomic E-state index is 12.1. The zero-order valence-corrected chi connectivity index (χ0v) is 7.97. The van der Waals surface area contributed by atoms with Crippen LogP contribution in [-0.2, 0) is 13.0 Å². The van der Waals surface area contributed by atoms with Gasteiger partial charge in [-0.1, -0.05) is 0 Å². The highest BCUT2D eigenvalue weighted by Gasteiger charge is 2.31. The average Bonchev–Trinajstić information content (AvgIpc) is 2.84. The van der Waals surface area contributed by atoms with Gasteiger partial charge in [0, 0.05) is 12.6 Å². The van der Waals surface area contributed by atoms with Crippen LogP contribution in [0.4, 0.5) is 13.2 Å². The Morgan fingerprint density at radius 1 is 1.47 bits per heavy atom. The van der Waals surface area contributed by atoms with Crippen molar-refractivity contribution in [2.45, 2.75) is 38.0 Å². The standard InChI is InChI=1S/C9H11F3N2O/c10-9(11,12)3-8-7(14-5-15-8)4-13-6-1-2-6/h5-6,13H,1-4H2. The minimum atomic E-state index is -4.24. The highest BCUT2D eigenvalue weighted by Crippen LogP contribution is 2.24. The van der Waals surface area contributed by atoms with Crippen molar-refractivity contribution in [2.24, 2.45) is 0 Å². The first kappa shape index (κ1) is 10.5. The summed E-state index contributed by atoms with van der Waals surface area (Å²) in [6.07, 6.45) is -2.05. The van der Waals surface area contributed by atoms with Crippen LogP contribution in [0.2, 0.25) is 0 Å². The molecule has 0 aliphatic heterocycles. The first-order chi connectivity index (χ1) is 7.04. The summed E-state index contributed by atoms with van der Waals surface area (Å²) < 4.78 is 41.0. The lowest BCUT2D eigenvalue weighted by Gasteiger charge is -2.05. The Balaban J connectivity index is 1.94. The number of nitrogens with one attached hydrogen (secondary N) is 1. The molecule has 1 fully saturated rings. The van der Waals surface area contributed by atoms with Gasteiger partial charge in [0.05, 0.1) is 5.69 Å². The molecule has 0 unspecified atom stereocenters. The fourth-order valence-electron chi connectivity index (χ4n) is 1.29. The van der Waals surface area contributed by atoms with Crippen molar-refractivity contribution >= 4 is 0 Å². The van der Waals surface area contributed by atoms with Crippen LogP contribution in [-0.4, -0.2) is 17.2 Å². The largest absolute Gasteiger partial charge is 0.448 e. The second-order valence-corrected chi connectivity index (χ2v) is 3.67. The number of hydrogen-bond acceptors (Lipinski definition) is 3. The van der Waals surface area contributed by atoms with E-state index in [-0.39, 0.29) is 5.76 Å². The zero-order chi connectivity index (χ0) is 10.9. The van der Waals surface area contributed by atoms with Gasteiger partial charge in [-0.15, -0.1) is 0 Å². The van der Waals surface area contributed by atoms with Gasteiger partial charge >= 0.3 is 6.18 Å². The van der Waals surface area contributed by atoms with Crippen LogP contribution >= 0.6 is 0 Å². The van der Waals surface area contributed by atoms with Crippen LogP contribution in [0, 0.1) is 0 Å². The summed E-state index contributed by atoms with van der Waals surface area (Å²) in [7, 11) is 0. The van der Waals surface area contributed by atoms with Gasteiger partial charge in [0.1, 0.15) is 12.2 Å². The van der Waals surface area contributed by atoms with Crippen molar-refractivity contribution in [2.75, 3.05) is 0 Å². The van der Waals surface area contributed by atoms with Crippen molar-refractivity contribution in [1.29, 1.82) is 0 Å². The maximum atomic E-state index is 12.1. The lowest BCUT2D eigenvalue weighted by molar-refractivity contribution is -0.130. The molecule has 1 saturated carbocycles. The van der Waals surface area contributed by atoms with Crippen molar-refractivity contribution in [3.8, 4) is 0 Å². The Bertz CT molecular complexity index is 330. The lowest BCUT2D eigenvalue weighted by Crippen LogP contribution is -2.18. The summed E-state index contributed by atoms with van der Waals surface area (Å²) >= 11 is 0. The van der Waals surface area contributed by atoms with E-state index in [1.165, 1.54) is 0 Å². The Kier molecular flexibility index (Phi) is 2.68. The van der Waals surface area contributed by atoms with E-state index in [0.29, 0.717) is 18.3 Å². The number of nitrogens with zero attached hydrogens (tertiary/aromatic N) is 1. The summed E-state index contributed by atoms with van der Waals surface area (Å²) in [6.45, 7) is 0.354. The van der Waals surface area contributed by atoms with Gasteiger partial charge in [-0.25, -0.2) is 4.98 Å². The molecule has 0 aromatic carbocycles. The van der Waals surface area contributed by atoms with Crippen LogP contribution in [0.25, 0.3) is 0 Å². The van der Waals surface area contributed by atoms with Crippen molar-refractivity contribution in [3.63, 3.8) is 0 Å². The topological polar surface area (TPSA) is 38.1 Å². The highest BCUT2D eigenvalue weighted by molar-refractivity contribution is 5.09. The van der Waals surface area contributed by atoms with Crippen LogP contribution in [0.5, 0.6) is 0 Å². The molecule has 0 atom stereocenters. The van der Waals surface area contributed by atoms with E-state index in [1.54, 1.807) is 0 Å². The molecule has 3 nitrogen and oxygen atoms in total. The molecule has 0 spiro atoms. The molecule has 1 aliphatic carbocycles. The third-order valence-electron chi connectivity index (χ3n) is 2.22. The fraction of sp³-hybridized carbons (Fsp3) is 0.667. The minimum Gasteiger partial charge on any atom is -0.448 e. The quantitative estimate of drug-likeness (QED) is 0.843. The fourth-order valence-corrected chi connectivity index (χ4v) is 1.29. The van der Waals surface area contributed by atoms with Crippen molar-refractivity contribution in [1.82, 2.24) is 10.3 Å². The van der Waals surface area contributed by atoms with Gasteiger partial charge in [0.15, 0.2) is 6.39 Å². The first-order valence-corrected chi connectivity index (χ1v) is 4.76. The van der Waals surface area contributed by atoms with E-state index in [4.69, 9.17) is 4.42 Å². The molecule has 84 valence electrons. The van der Waals surface area contributed by atoms with Crippen molar-refractivity contribution < 1.29 is 17.6 Å². The molecule has 6 heteroatoms. The summed E-state index contributed by atoms with van der Waals surface area (Å²) in [5.41, 5.74) is 0.360. The smallest absolute Gasteiger partial charge is 0.396 e. The number of hydrogen-bond donors (Lipinski definition) is 1. The molecule has 2 rings (SSSR count). The highest BCUT2D eigenvalue weighted by atomic mass is 19.4. The van der Waals surface area contributed by atoms with Gasteiger partial charge in [0.25, 0.3) is 0 Å². The van der Waals surface area contributed by atoms with Crippen molar-refractivity contribution in [3.05, 3.63) is 17.8 Å². The Morgan fingerprint density at radius 3 is 2.80 bits per heavy atom. The van der Waals surface area contributed by atoms with E-state index in [2.05, 4.69) is 10.3 Å². The summed E-state index contributed by atoms with van der Waals surface area (Å²) in [5, 5.41) is 3.10. The monoisotopic (exact) mass is 220 g/mol. The van der Waals surface area contributed by atoms with E-state index in [1.807, 2.05) is 0 Å². The van der Waals surface area contributed by atoms with Crippen LogP contribution in [0.3, 0.4) is 0 Å². The number of aromatic nitrogens is 1. The molecule has 0 saturated heterocycles. The van der Waals surface area contributed by atoms with E-state index in [9.17, 15) is 13.2 Å². The molecule has 0 bridgehead atoms. The molecule has 1 aromatic rings. The minimum absolute atomic E-state index is 0.0874. The zero-order valence-electron chi connectivity index (χ0n) is 7.97. The number of rotatable bonds is 4. The van der Waals surface area contributed by atoms with E-state index >= 15 is 0 Å². The summed E-state index contributed by atoms with van der Waals surface area (Å²) in [6, 6.07) is 0.445. The number of oxazole rings is 1. The SMILES string of the molecule is FC(F)(F)Cc1ocnc1CNC1CC1. The Hall–Kier alpha value is -1.04. The predicted octanol–water partition coefficient (Wildman–Crippen LogP) is 2.03. The number of halogens is 3. The molecule has 15 heavy (non-hydrogen) atoms. The summed E-state index contributed by atoms with van der Waals surface area (Å²) in [5.74, 6) is -0.0874. The van der Waals surface area contributed by atoms with Gasteiger partial charge in [-0.3, -0.25) is 0 Å². The Morgan fingerprint density at radius 2 is 2.20 bits per heavy atom. The molecule has 1 aromatic heterocycles. The van der Waals surface area contributed by atoms with Gasteiger partial charge in [0.2, 0.25) is 0 Å². The third-order valence-corrected chi connectivity index (χ3v) is 2.22. The molecule has 1 heterocycles.